The van der Waals surface area contributed by atoms with Crippen molar-refractivity contribution >= 4 is 29.3 Å². The van der Waals surface area contributed by atoms with Crippen LogP contribution in [0.5, 0.6) is 11.5 Å². The van der Waals surface area contributed by atoms with Crippen LogP contribution in [0.15, 0.2) is 63.5 Å². The van der Waals surface area contributed by atoms with Crippen LogP contribution in [-0.2, 0) is 19.1 Å². The van der Waals surface area contributed by atoms with Gasteiger partial charge < -0.3 is 23.8 Å². The largest absolute Gasteiger partial charge is 0.493 e. The zero-order valence-electron chi connectivity index (χ0n) is 24.0. The Morgan fingerprint density at radius 1 is 1.10 bits per heavy atom. The van der Waals surface area contributed by atoms with Crippen molar-refractivity contribution in [2.24, 2.45) is 4.99 Å². The zero-order chi connectivity index (χ0) is 29.8. The quantitative estimate of drug-likeness (QED) is 0.370. The molecule has 0 radical (unpaired) electrons. The van der Waals surface area contributed by atoms with Crippen molar-refractivity contribution in [2.75, 3.05) is 46.6 Å². The van der Waals surface area contributed by atoms with E-state index in [4.69, 9.17) is 18.9 Å². The smallest absolute Gasteiger partial charge is 0.338 e. The molecule has 1 fully saturated rings. The van der Waals surface area contributed by atoms with Gasteiger partial charge in [-0.15, -0.1) is 0 Å². The van der Waals surface area contributed by atoms with Gasteiger partial charge in [-0.05, 0) is 50.1 Å². The maximum absolute atomic E-state index is 13.9. The van der Waals surface area contributed by atoms with Crippen LogP contribution in [0.25, 0.3) is 6.08 Å². The second-order valence-electron chi connectivity index (χ2n) is 9.91. The molecule has 1 aromatic heterocycles. The molecule has 0 N–H and O–H groups in total. The lowest BCUT2D eigenvalue weighted by Gasteiger charge is -2.26. The monoisotopic (exact) mass is 591 g/mol. The number of ether oxygens (including phenoxy) is 4. The van der Waals surface area contributed by atoms with Crippen LogP contribution in [0.4, 0.5) is 0 Å². The number of nitrogens with zero attached hydrogens (tertiary/aromatic N) is 3. The van der Waals surface area contributed by atoms with E-state index >= 15 is 0 Å². The first-order valence-corrected chi connectivity index (χ1v) is 14.5. The first kappa shape index (κ1) is 29.3. The fourth-order valence-corrected chi connectivity index (χ4v) is 5.99. The minimum atomic E-state index is -0.669. The Balaban J connectivity index is 1.49. The average Bonchev–Trinajstić information content (AvgIpc) is 3.30. The van der Waals surface area contributed by atoms with Crippen molar-refractivity contribution in [1.82, 2.24) is 9.47 Å². The van der Waals surface area contributed by atoms with Gasteiger partial charge in [-0.3, -0.25) is 14.2 Å². The predicted molar refractivity (Wildman–Crippen MR) is 157 cm³/mol. The molecule has 0 unspecified atom stereocenters. The fourth-order valence-electron chi connectivity index (χ4n) is 4.94. The highest BCUT2D eigenvalue weighted by molar-refractivity contribution is 7.07. The average molecular weight is 592 g/mol. The van der Waals surface area contributed by atoms with Gasteiger partial charge in [0.15, 0.2) is 22.9 Å². The summed E-state index contributed by atoms with van der Waals surface area (Å²) in [5, 5.41) is 0. The van der Waals surface area contributed by atoms with Crippen molar-refractivity contribution in [2.45, 2.75) is 26.8 Å². The number of esters is 1. The summed E-state index contributed by atoms with van der Waals surface area (Å²) in [6.07, 6.45) is 1.75. The number of hydrogen-bond donors (Lipinski definition) is 0. The molecule has 1 amide bonds. The third kappa shape index (κ3) is 6.02. The Kier molecular flexibility index (Phi) is 8.89. The van der Waals surface area contributed by atoms with Gasteiger partial charge in [0.2, 0.25) is 0 Å². The number of benzene rings is 2. The van der Waals surface area contributed by atoms with E-state index in [1.165, 1.54) is 18.4 Å². The van der Waals surface area contributed by atoms with E-state index in [0.717, 1.165) is 11.1 Å². The van der Waals surface area contributed by atoms with Crippen molar-refractivity contribution in [3.05, 3.63) is 90.1 Å². The summed E-state index contributed by atoms with van der Waals surface area (Å²) < 4.78 is 24.0. The molecule has 2 aliphatic heterocycles. The Bertz CT molecular complexity index is 1700. The molecule has 5 rings (SSSR count). The number of carbonyl (C=O) groups is 2. The number of allylic oxidation sites excluding steroid dienone is 1. The standard InChI is InChI=1S/C31H33N3O7S/c1-5-40-30(37)27-20(3)32-31-34(28(27)22-9-6-19(2)7-10-22)29(36)25(42-31)17-21-8-11-23(24(16-21)38-4)41-18-26(35)33-12-14-39-15-13-33/h6-11,16-17,28H,5,12-15,18H2,1-4H3/b25-17+/t28-/m0/s1. The number of morpholine rings is 1. The lowest BCUT2D eigenvalue weighted by molar-refractivity contribution is -0.139. The van der Waals surface area contributed by atoms with Crippen LogP contribution in [0.3, 0.4) is 0 Å². The van der Waals surface area contributed by atoms with Crippen LogP contribution in [0.1, 0.15) is 36.6 Å². The molecule has 220 valence electrons. The summed E-state index contributed by atoms with van der Waals surface area (Å²) in [6, 6.07) is 12.3. The number of rotatable bonds is 8. The Morgan fingerprint density at radius 2 is 1.83 bits per heavy atom. The lowest BCUT2D eigenvalue weighted by Crippen LogP contribution is -2.43. The molecule has 42 heavy (non-hydrogen) atoms. The van der Waals surface area contributed by atoms with Gasteiger partial charge in [-0.25, -0.2) is 9.79 Å². The first-order valence-electron chi connectivity index (χ1n) is 13.7. The van der Waals surface area contributed by atoms with Gasteiger partial charge in [0.1, 0.15) is 0 Å². The summed E-state index contributed by atoms with van der Waals surface area (Å²) in [5.41, 5.74) is 3.15. The van der Waals surface area contributed by atoms with E-state index in [9.17, 15) is 14.4 Å². The van der Waals surface area contributed by atoms with Crippen LogP contribution < -0.4 is 24.4 Å². The highest BCUT2D eigenvalue weighted by Gasteiger charge is 2.33. The number of amides is 1. The summed E-state index contributed by atoms with van der Waals surface area (Å²) in [6.45, 7) is 7.71. The molecular weight excluding hydrogens is 558 g/mol. The number of methoxy groups -OCH3 is 1. The topological polar surface area (TPSA) is 109 Å². The van der Waals surface area contributed by atoms with E-state index in [-0.39, 0.29) is 24.7 Å². The molecule has 0 spiro atoms. The fraction of sp³-hybridized carbons (Fsp3) is 0.355. The number of aromatic nitrogens is 1. The molecule has 2 aromatic carbocycles. The van der Waals surface area contributed by atoms with Crippen LogP contribution >= 0.6 is 11.3 Å². The van der Waals surface area contributed by atoms with Gasteiger partial charge in [-0.1, -0.05) is 47.2 Å². The Labute approximate surface area is 247 Å². The number of thiazole rings is 1. The number of hydrogen-bond acceptors (Lipinski definition) is 9. The maximum Gasteiger partial charge on any atom is 0.338 e. The van der Waals surface area contributed by atoms with Gasteiger partial charge in [-0.2, -0.15) is 0 Å². The SMILES string of the molecule is CCOC(=O)C1=C(C)N=c2s/c(=C/c3ccc(OCC(=O)N4CCOCC4)c(OC)c3)c(=O)n2[C@H]1c1ccc(C)cc1. The van der Waals surface area contributed by atoms with Crippen molar-refractivity contribution < 1.29 is 28.5 Å². The normalized spacial score (nSPS) is 17.0. The van der Waals surface area contributed by atoms with Gasteiger partial charge >= 0.3 is 5.97 Å². The third-order valence-electron chi connectivity index (χ3n) is 7.11. The number of aryl methyl sites for hydroxylation is 1. The second kappa shape index (κ2) is 12.7. The van der Waals surface area contributed by atoms with Crippen molar-refractivity contribution in [3.63, 3.8) is 0 Å². The Hall–Kier alpha value is -4.22. The van der Waals surface area contributed by atoms with E-state index < -0.39 is 12.0 Å². The molecule has 1 atom stereocenters. The van der Waals surface area contributed by atoms with Gasteiger partial charge in [0.05, 0.1) is 48.8 Å². The molecule has 11 heteroatoms. The molecule has 0 saturated carbocycles. The molecule has 0 aliphatic carbocycles. The van der Waals surface area contributed by atoms with Crippen molar-refractivity contribution in [3.8, 4) is 11.5 Å². The molecule has 3 heterocycles. The molecule has 0 bridgehead atoms. The molecule has 10 nitrogen and oxygen atoms in total. The third-order valence-corrected chi connectivity index (χ3v) is 8.09. The summed E-state index contributed by atoms with van der Waals surface area (Å²) in [5.74, 6) is 0.244. The molecule has 1 saturated heterocycles. The van der Waals surface area contributed by atoms with Crippen molar-refractivity contribution in [1.29, 1.82) is 0 Å². The molecule has 2 aliphatic rings. The summed E-state index contributed by atoms with van der Waals surface area (Å²) >= 11 is 1.25. The van der Waals surface area contributed by atoms with Gasteiger partial charge in [0, 0.05) is 13.1 Å². The minimum absolute atomic E-state index is 0.116. The van der Waals surface area contributed by atoms with Crippen LogP contribution in [-0.4, -0.2) is 68.0 Å². The highest BCUT2D eigenvalue weighted by Crippen LogP contribution is 2.31. The lowest BCUT2D eigenvalue weighted by atomic mass is 9.95. The van der Waals surface area contributed by atoms with E-state index in [1.807, 2.05) is 31.2 Å². The first-order chi connectivity index (χ1) is 20.3. The highest BCUT2D eigenvalue weighted by atomic mass is 32.1. The van der Waals surface area contributed by atoms with Crippen LogP contribution in [0, 0.1) is 6.92 Å². The van der Waals surface area contributed by atoms with E-state index in [0.29, 0.717) is 64.0 Å². The van der Waals surface area contributed by atoms with E-state index in [1.54, 1.807) is 47.6 Å². The zero-order valence-corrected chi connectivity index (χ0v) is 24.9. The Morgan fingerprint density at radius 3 is 2.52 bits per heavy atom. The number of fused-ring (bicyclic) bond motifs is 1. The minimum Gasteiger partial charge on any atom is -0.493 e. The maximum atomic E-state index is 13.9. The second-order valence-corrected chi connectivity index (χ2v) is 10.9. The van der Waals surface area contributed by atoms with Crippen LogP contribution in [0.2, 0.25) is 0 Å². The summed E-state index contributed by atoms with van der Waals surface area (Å²) in [7, 11) is 1.52. The van der Waals surface area contributed by atoms with E-state index in [2.05, 4.69) is 4.99 Å². The summed E-state index contributed by atoms with van der Waals surface area (Å²) in [4.78, 5) is 46.2. The number of carbonyl (C=O) groups excluding carboxylic acids is 2. The van der Waals surface area contributed by atoms with Gasteiger partial charge in [0.25, 0.3) is 11.5 Å². The predicted octanol–water partition coefficient (Wildman–Crippen LogP) is 2.35. The molecule has 3 aromatic rings. The molecular formula is C31H33N3O7S.